The van der Waals surface area contributed by atoms with Crippen LogP contribution in [0.25, 0.3) is 0 Å². The van der Waals surface area contributed by atoms with Crippen molar-refractivity contribution in [3.63, 3.8) is 0 Å². The van der Waals surface area contributed by atoms with Crippen molar-refractivity contribution in [3.05, 3.63) is 77.6 Å². The lowest BCUT2D eigenvalue weighted by Crippen LogP contribution is -2.24. The molecule has 2 aromatic carbocycles. The van der Waals surface area contributed by atoms with Crippen molar-refractivity contribution in [2.45, 2.75) is 19.3 Å². The molecule has 0 saturated heterocycles. The van der Waals surface area contributed by atoms with Gasteiger partial charge in [0, 0.05) is 24.2 Å². The Morgan fingerprint density at radius 1 is 1.08 bits per heavy atom. The fraction of sp³-hybridized carbons (Fsp3) is 0.200. The second-order valence-corrected chi connectivity index (χ2v) is 5.65. The van der Waals surface area contributed by atoms with Crippen molar-refractivity contribution in [1.29, 1.82) is 0 Å². The average Bonchev–Trinajstić information content (AvgIpc) is 2.60. The summed E-state index contributed by atoms with van der Waals surface area (Å²) in [5.41, 5.74) is 7.68. The van der Waals surface area contributed by atoms with E-state index in [1.54, 1.807) is 18.2 Å². The van der Waals surface area contributed by atoms with Gasteiger partial charge >= 0.3 is 0 Å². The number of halogens is 1. The Kier molecular flexibility index (Phi) is 6.89. The number of ketones is 1. The summed E-state index contributed by atoms with van der Waals surface area (Å²) in [6.07, 6.45) is 5.02. The number of amides is 1. The maximum absolute atomic E-state index is 12.8. The van der Waals surface area contributed by atoms with Gasteiger partial charge in [-0.25, -0.2) is 4.39 Å². The Hall–Kier alpha value is -2.95. The molecule has 0 fully saturated rings. The van der Waals surface area contributed by atoms with E-state index in [1.165, 1.54) is 24.3 Å². The number of nitrogens with one attached hydrogen (secondary N) is 1. The number of benzene rings is 2. The number of rotatable bonds is 8. The molecule has 0 unspecified atom stereocenters. The van der Waals surface area contributed by atoms with Gasteiger partial charge in [-0.3, -0.25) is 9.59 Å². The molecule has 0 aliphatic carbocycles. The van der Waals surface area contributed by atoms with Gasteiger partial charge in [0.1, 0.15) is 5.82 Å². The van der Waals surface area contributed by atoms with Gasteiger partial charge in [0.25, 0.3) is 5.91 Å². The van der Waals surface area contributed by atoms with Gasteiger partial charge < -0.3 is 11.1 Å². The second kappa shape index (κ2) is 9.37. The summed E-state index contributed by atoms with van der Waals surface area (Å²) in [6, 6.07) is 12.7. The first kappa shape index (κ1) is 18.4. The number of unbranched alkanes of at least 4 members (excludes halogenated alkanes) is 1. The molecule has 0 radical (unpaired) electrons. The fourth-order valence-corrected chi connectivity index (χ4v) is 2.28. The standard InChI is InChI=1S/C20H21FN2O2/c21-17-11-9-15(10-12-17)20(25)23-13-5-1-2-7-18(24)14-16-6-3-4-8-19(16)22/h2-4,6-12H,1,5,13-14,22H2,(H,23,25)/b7-2+. The number of carbonyl (C=O) groups is 2. The summed E-state index contributed by atoms with van der Waals surface area (Å²) >= 11 is 0. The monoisotopic (exact) mass is 340 g/mol. The molecule has 1 amide bonds. The van der Waals surface area contributed by atoms with E-state index in [0.717, 1.165) is 5.56 Å². The van der Waals surface area contributed by atoms with Crippen LogP contribution in [0.4, 0.5) is 10.1 Å². The molecule has 0 aliphatic heterocycles. The van der Waals surface area contributed by atoms with Crippen molar-refractivity contribution < 1.29 is 14.0 Å². The molecular weight excluding hydrogens is 319 g/mol. The van der Waals surface area contributed by atoms with E-state index < -0.39 is 0 Å². The predicted molar refractivity (Wildman–Crippen MR) is 96.7 cm³/mol. The van der Waals surface area contributed by atoms with E-state index in [1.807, 2.05) is 18.2 Å². The number of carbonyl (C=O) groups excluding carboxylic acids is 2. The summed E-state index contributed by atoms with van der Waals surface area (Å²) in [4.78, 5) is 23.7. The molecule has 0 aromatic heterocycles. The van der Waals surface area contributed by atoms with Crippen molar-refractivity contribution >= 4 is 17.4 Å². The largest absolute Gasteiger partial charge is 0.398 e. The van der Waals surface area contributed by atoms with Gasteiger partial charge in [0.2, 0.25) is 0 Å². The lowest BCUT2D eigenvalue weighted by molar-refractivity contribution is -0.114. The third kappa shape index (κ3) is 6.22. The first-order valence-corrected chi connectivity index (χ1v) is 8.13. The normalized spacial score (nSPS) is 10.8. The van der Waals surface area contributed by atoms with E-state index in [0.29, 0.717) is 30.6 Å². The van der Waals surface area contributed by atoms with Gasteiger partial charge in [0.15, 0.2) is 5.78 Å². The summed E-state index contributed by atoms with van der Waals surface area (Å²) in [6.45, 7) is 0.486. The van der Waals surface area contributed by atoms with E-state index >= 15 is 0 Å². The van der Waals surface area contributed by atoms with Gasteiger partial charge in [-0.2, -0.15) is 0 Å². The molecule has 0 spiro atoms. The van der Waals surface area contributed by atoms with Gasteiger partial charge in [0.05, 0.1) is 0 Å². The predicted octanol–water partition coefficient (Wildman–Crippen LogP) is 3.29. The highest BCUT2D eigenvalue weighted by Crippen LogP contribution is 2.11. The van der Waals surface area contributed by atoms with Crippen LogP contribution in [0.2, 0.25) is 0 Å². The van der Waals surface area contributed by atoms with E-state index in [4.69, 9.17) is 5.73 Å². The zero-order valence-electron chi connectivity index (χ0n) is 13.9. The molecule has 2 aromatic rings. The van der Waals surface area contributed by atoms with Crippen LogP contribution in [0.15, 0.2) is 60.7 Å². The zero-order valence-corrected chi connectivity index (χ0v) is 13.9. The Morgan fingerprint density at radius 3 is 2.52 bits per heavy atom. The van der Waals surface area contributed by atoms with Crippen LogP contribution in [-0.2, 0) is 11.2 Å². The average molecular weight is 340 g/mol. The SMILES string of the molecule is Nc1ccccc1CC(=O)/C=C/CCCNC(=O)c1ccc(F)cc1. The lowest BCUT2D eigenvalue weighted by Gasteiger charge is -2.04. The van der Waals surface area contributed by atoms with Crippen LogP contribution in [0.3, 0.4) is 0 Å². The number of para-hydroxylation sites is 1. The quantitative estimate of drug-likeness (QED) is 0.440. The molecule has 4 nitrogen and oxygen atoms in total. The molecule has 0 saturated carbocycles. The Labute approximate surface area is 146 Å². The molecule has 2 rings (SSSR count). The lowest BCUT2D eigenvalue weighted by atomic mass is 10.1. The fourth-order valence-electron chi connectivity index (χ4n) is 2.28. The highest BCUT2D eigenvalue weighted by Gasteiger charge is 2.04. The number of allylic oxidation sites excluding steroid dienone is 2. The molecule has 0 heterocycles. The van der Waals surface area contributed by atoms with Gasteiger partial charge in [-0.05, 0) is 54.8 Å². The highest BCUT2D eigenvalue weighted by molar-refractivity contribution is 5.94. The number of anilines is 1. The molecule has 0 bridgehead atoms. The molecule has 5 heteroatoms. The van der Waals surface area contributed by atoms with Crippen LogP contribution in [-0.4, -0.2) is 18.2 Å². The number of nitrogen functional groups attached to an aromatic ring is 1. The number of nitrogens with two attached hydrogens (primary N) is 1. The van der Waals surface area contributed by atoms with Crippen molar-refractivity contribution in [3.8, 4) is 0 Å². The second-order valence-electron chi connectivity index (χ2n) is 5.65. The van der Waals surface area contributed by atoms with E-state index in [2.05, 4.69) is 5.32 Å². The van der Waals surface area contributed by atoms with Crippen molar-refractivity contribution in [2.24, 2.45) is 0 Å². The third-order valence-electron chi connectivity index (χ3n) is 3.66. The number of hydrogen-bond donors (Lipinski definition) is 2. The maximum Gasteiger partial charge on any atom is 0.251 e. The zero-order chi connectivity index (χ0) is 18.1. The molecular formula is C20H21FN2O2. The summed E-state index contributed by atoms with van der Waals surface area (Å²) < 4.78 is 12.8. The van der Waals surface area contributed by atoms with Crippen molar-refractivity contribution in [1.82, 2.24) is 5.32 Å². The Balaban J connectivity index is 1.66. The van der Waals surface area contributed by atoms with Gasteiger partial charge in [-0.15, -0.1) is 0 Å². The summed E-state index contributed by atoms with van der Waals surface area (Å²) in [5.74, 6) is -0.614. The Morgan fingerprint density at radius 2 is 1.80 bits per heavy atom. The van der Waals surface area contributed by atoms with Crippen LogP contribution in [0, 0.1) is 5.82 Å². The minimum Gasteiger partial charge on any atom is -0.398 e. The van der Waals surface area contributed by atoms with Gasteiger partial charge in [-0.1, -0.05) is 24.3 Å². The number of hydrogen-bond acceptors (Lipinski definition) is 3. The highest BCUT2D eigenvalue weighted by atomic mass is 19.1. The molecule has 3 N–H and O–H groups in total. The summed E-state index contributed by atoms with van der Waals surface area (Å²) in [5, 5.41) is 2.76. The van der Waals surface area contributed by atoms with E-state index in [-0.39, 0.29) is 23.9 Å². The van der Waals surface area contributed by atoms with Crippen LogP contribution >= 0.6 is 0 Å². The van der Waals surface area contributed by atoms with Crippen LogP contribution in [0.1, 0.15) is 28.8 Å². The smallest absolute Gasteiger partial charge is 0.251 e. The van der Waals surface area contributed by atoms with Crippen molar-refractivity contribution in [2.75, 3.05) is 12.3 Å². The third-order valence-corrected chi connectivity index (χ3v) is 3.66. The maximum atomic E-state index is 12.8. The van der Waals surface area contributed by atoms with Crippen LogP contribution in [0.5, 0.6) is 0 Å². The van der Waals surface area contributed by atoms with E-state index in [9.17, 15) is 14.0 Å². The minimum atomic E-state index is -0.372. The molecule has 0 atom stereocenters. The topological polar surface area (TPSA) is 72.2 Å². The Bertz CT molecular complexity index is 755. The molecule has 0 aliphatic rings. The summed E-state index contributed by atoms with van der Waals surface area (Å²) in [7, 11) is 0. The molecule has 130 valence electrons. The minimum absolute atomic E-state index is 0.00625. The molecule has 25 heavy (non-hydrogen) atoms. The van der Waals surface area contributed by atoms with Crippen LogP contribution < -0.4 is 11.1 Å². The first-order valence-electron chi connectivity index (χ1n) is 8.13. The first-order chi connectivity index (χ1) is 12.1.